The Hall–Kier alpha value is -2.12. The predicted molar refractivity (Wildman–Crippen MR) is 65.4 cm³/mol. The zero-order chi connectivity index (χ0) is 14.3. The molecule has 0 bridgehead atoms. The highest BCUT2D eigenvalue weighted by molar-refractivity contribution is 5.82. The molecular formula is C11H18N4O4. The minimum Gasteiger partial charge on any atom is -0.480 e. The SMILES string of the molecule is CCCCC(NC(=O)NCc1noc(C)n1)C(=O)O. The highest BCUT2D eigenvalue weighted by Crippen LogP contribution is 2.01. The second kappa shape index (κ2) is 7.34. The van der Waals surface area contributed by atoms with Crippen LogP contribution in [0.5, 0.6) is 0 Å². The van der Waals surface area contributed by atoms with Gasteiger partial charge in [-0.1, -0.05) is 24.9 Å². The standard InChI is InChI=1S/C11H18N4O4/c1-3-4-5-8(10(16)17)14-11(18)12-6-9-13-7(2)19-15-9/h8H,3-6H2,1-2H3,(H,16,17)(H2,12,14,18). The quantitative estimate of drug-likeness (QED) is 0.675. The molecule has 106 valence electrons. The summed E-state index contributed by atoms with van der Waals surface area (Å²) in [6.07, 6.45) is 2.01. The molecule has 0 spiro atoms. The van der Waals surface area contributed by atoms with E-state index in [9.17, 15) is 9.59 Å². The van der Waals surface area contributed by atoms with E-state index in [0.717, 1.165) is 12.8 Å². The summed E-state index contributed by atoms with van der Waals surface area (Å²) in [5.41, 5.74) is 0. The lowest BCUT2D eigenvalue weighted by Gasteiger charge is -2.14. The van der Waals surface area contributed by atoms with Gasteiger partial charge in [0.1, 0.15) is 6.04 Å². The predicted octanol–water partition coefficient (Wildman–Crippen LogP) is 0.821. The Kier molecular flexibility index (Phi) is 5.77. The third kappa shape index (κ3) is 5.36. The Balaban J connectivity index is 2.37. The van der Waals surface area contributed by atoms with Gasteiger partial charge in [-0.15, -0.1) is 0 Å². The molecule has 3 N–H and O–H groups in total. The first-order valence-electron chi connectivity index (χ1n) is 6.09. The van der Waals surface area contributed by atoms with Crippen molar-refractivity contribution in [1.29, 1.82) is 0 Å². The molecular weight excluding hydrogens is 252 g/mol. The van der Waals surface area contributed by atoms with E-state index in [4.69, 9.17) is 9.63 Å². The molecule has 8 nitrogen and oxygen atoms in total. The van der Waals surface area contributed by atoms with Crippen LogP contribution >= 0.6 is 0 Å². The summed E-state index contributed by atoms with van der Waals surface area (Å²) in [4.78, 5) is 26.4. The number of carbonyl (C=O) groups excluding carboxylic acids is 1. The third-order valence-electron chi connectivity index (χ3n) is 2.43. The lowest BCUT2D eigenvalue weighted by Crippen LogP contribution is -2.45. The molecule has 0 aromatic carbocycles. The van der Waals surface area contributed by atoms with Crippen LogP contribution in [0.25, 0.3) is 0 Å². The topological polar surface area (TPSA) is 117 Å². The van der Waals surface area contributed by atoms with E-state index >= 15 is 0 Å². The minimum absolute atomic E-state index is 0.0866. The first-order chi connectivity index (χ1) is 9.02. The lowest BCUT2D eigenvalue weighted by molar-refractivity contribution is -0.139. The lowest BCUT2D eigenvalue weighted by atomic mass is 10.1. The van der Waals surface area contributed by atoms with Gasteiger partial charge in [0.25, 0.3) is 0 Å². The Labute approximate surface area is 110 Å². The van der Waals surface area contributed by atoms with Gasteiger partial charge in [0, 0.05) is 6.92 Å². The van der Waals surface area contributed by atoms with Gasteiger partial charge >= 0.3 is 12.0 Å². The Morgan fingerprint density at radius 3 is 2.74 bits per heavy atom. The van der Waals surface area contributed by atoms with Crippen molar-refractivity contribution in [1.82, 2.24) is 20.8 Å². The summed E-state index contributed by atoms with van der Waals surface area (Å²) in [5.74, 6) is -0.296. The van der Waals surface area contributed by atoms with Crippen LogP contribution < -0.4 is 10.6 Å². The zero-order valence-electron chi connectivity index (χ0n) is 11.0. The summed E-state index contributed by atoms with van der Waals surface area (Å²) in [6.45, 7) is 3.68. The average Bonchev–Trinajstić information content (AvgIpc) is 2.77. The van der Waals surface area contributed by atoms with E-state index < -0.39 is 18.0 Å². The maximum absolute atomic E-state index is 11.5. The molecule has 1 atom stereocenters. The van der Waals surface area contributed by atoms with Crippen LogP contribution in [0.2, 0.25) is 0 Å². The molecule has 0 radical (unpaired) electrons. The second-order valence-electron chi connectivity index (χ2n) is 4.09. The van der Waals surface area contributed by atoms with Gasteiger partial charge in [0.05, 0.1) is 6.54 Å². The van der Waals surface area contributed by atoms with Crippen LogP contribution in [-0.2, 0) is 11.3 Å². The van der Waals surface area contributed by atoms with E-state index in [2.05, 4.69) is 20.8 Å². The molecule has 2 amide bonds. The van der Waals surface area contributed by atoms with Crippen molar-refractivity contribution >= 4 is 12.0 Å². The number of aryl methyl sites for hydroxylation is 1. The van der Waals surface area contributed by atoms with Gasteiger partial charge < -0.3 is 20.3 Å². The third-order valence-corrected chi connectivity index (χ3v) is 2.43. The van der Waals surface area contributed by atoms with Crippen LogP contribution in [0.3, 0.4) is 0 Å². The van der Waals surface area contributed by atoms with E-state index in [0.29, 0.717) is 18.1 Å². The number of unbranched alkanes of at least 4 members (excludes halogenated alkanes) is 1. The van der Waals surface area contributed by atoms with Crippen LogP contribution in [-0.4, -0.2) is 33.3 Å². The number of nitrogens with zero attached hydrogens (tertiary/aromatic N) is 2. The number of rotatable bonds is 7. The molecule has 0 saturated carbocycles. The number of aliphatic carboxylic acids is 1. The highest BCUT2D eigenvalue weighted by atomic mass is 16.5. The molecule has 0 fully saturated rings. The largest absolute Gasteiger partial charge is 0.480 e. The molecule has 0 saturated heterocycles. The number of hydrogen-bond acceptors (Lipinski definition) is 5. The number of hydrogen-bond donors (Lipinski definition) is 3. The molecule has 1 heterocycles. The number of carboxylic acids is 1. The molecule has 1 aromatic heterocycles. The summed E-state index contributed by atoms with van der Waals surface area (Å²) in [5, 5.41) is 17.4. The van der Waals surface area contributed by atoms with Crippen LogP contribution in [0, 0.1) is 6.92 Å². The molecule has 1 aromatic rings. The van der Waals surface area contributed by atoms with Crippen LogP contribution in [0.1, 0.15) is 37.9 Å². The maximum atomic E-state index is 11.5. The fraction of sp³-hybridized carbons (Fsp3) is 0.636. The number of nitrogens with one attached hydrogen (secondary N) is 2. The molecule has 1 rings (SSSR count). The first kappa shape index (κ1) is 14.9. The van der Waals surface area contributed by atoms with E-state index in [-0.39, 0.29) is 6.54 Å². The maximum Gasteiger partial charge on any atom is 0.326 e. The van der Waals surface area contributed by atoms with Crippen molar-refractivity contribution in [3.8, 4) is 0 Å². The molecule has 1 unspecified atom stereocenters. The number of urea groups is 1. The van der Waals surface area contributed by atoms with E-state index in [1.807, 2.05) is 6.92 Å². The van der Waals surface area contributed by atoms with Crippen molar-refractivity contribution in [2.24, 2.45) is 0 Å². The Morgan fingerprint density at radius 1 is 1.47 bits per heavy atom. The van der Waals surface area contributed by atoms with Gasteiger partial charge in [-0.3, -0.25) is 0 Å². The van der Waals surface area contributed by atoms with E-state index in [1.54, 1.807) is 6.92 Å². The monoisotopic (exact) mass is 270 g/mol. The van der Waals surface area contributed by atoms with Gasteiger partial charge in [0.15, 0.2) is 5.82 Å². The second-order valence-corrected chi connectivity index (χ2v) is 4.09. The summed E-state index contributed by atoms with van der Waals surface area (Å²) in [6, 6.07) is -1.45. The van der Waals surface area contributed by atoms with Gasteiger partial charge in [0.2, 0.25) is 5.89 Å². The summed E-state index contributed by atoms with van der Waals surface area (Å²) in [7, 11) is 0. The smallest absolute Gasteiger partial charge is 0.326 e. The van der Waals surface area contributed by atoms with Gasteiger partial charge in [-0.25, -0.2) is 9.59 Å². The number of carbonyl (C=O) groups is 2. The number of aromatic nitrogens is 2. The van der Waals surface area contributed by atoms with Gasteiger partial charge in [-0.05, 0) is 6.42 Å². The fourth-order valence-corrected chi connectivity index (χ4v) is 1.45. The van der Waals surface area contributed by atoms with Crippen LogP contribution in [0.4, 0.5) is 4.79 Å². The Bertz CT molecular complexity index is 432. The minimum atomic E-state index is -1.04. The van der Waals surface area contributed by atoms with Crippen molar-refractivity contribution in [3.05, 3.63) is 11.7 Å². The Morgan fingerprint density at radius 2 is 2.21 bits per heavy atom. The van der Waals surface area contributed by atoms with E-state index in [1.165, 1.54) is 0 Å². The summed E-state index contributed by atoms with van der Waals surface area (Å²) < 4.78 is 4.74. The number of amides is 2. The molecule has 0 aliphatic carbocycles. The van der Waals surface area contributed by atoms with Crippen LogP contribution in [0.15, 0.2) is 4.52 Å². The normalized spacial score (nSPS) is 11.9. The molecule has 8 heteroatoms. The van der Waals surface area contributed by atoms with Crippen molar-refractivity contribution in [2.75, 3.05) is 0 Å². The summed E-state index contributed by atoms with van der Waals surface area (Å²) >= 11 is 0. The number of carboxylic acid groups (broad SMARTS) is 1. The van der Waals surface area contributed by atoms with Crippen molar-refractivity contribution in [3.63, 3.8) is 0 Å². The van der Waals surface area contributed by atoms with Gasteiger partial charge in [-0.2, -0.15) is 4.98 Å². The fourth-order valence-electron chi connectivity index (χ4n) is 1.45. The highest BCUT2D eigenvalue weighted by Gasteiger charge is 2.19. The zero-order valence-corrected chi connectivity index (χ0v) is 11.0. The first-order valence-corrected chi connectivity index (χ1v) is 6.09. The molecule has 0 aliphatic rings. The molecule has 19 heavy (non-hydrogen) atoms. The molecule has 0 aliphatic heterocycles. The van der Waals surface area contributed by atoms with Crippen molar-refractivity contribution in [2.45, 2.75) is 45.7 Å². The van der Waals surface area contributed by atoms with Crippen molar-refractivity contribution < 1.29 is 19.2 Å². The average molecular weight is 270 g/mol.